The molecule has 1 aliphatic rings. The second-order valence-corrected chi connectivity index (χ2v) is 7.88. The van der Waals surface area contributed by atoms with Crippen LogP contribution in [0.15, 0.2) is 72.8 Å². The number of carbonyl (C=O) groups is 2. The Kier molecular flexibility index (Phi) is 7.05. The van der Waals surface area contributed by atoms with Crippen molar-refractivity contribution in [3.05, 3.63) is 89.5 Å². The average molecular weight is 446 g/mol. The van der Waals surface area contributed by atoms with E-state index in [0.717, 1.165) is 28.1 Å². The third-order valence-corrected chi connectivity index (χ3v) is 5.70. The first-order valence-electron chi connectivity index (χ1n) is 11.1. The first-order valence-corrected chi connectivity index (χ1v) is 11.1. The first kappa shape index (κ1) is 22.6. The number of carboxylic acid groups (broad SMARTS) is 1. The summed E-state index contributed by atoms with van der Waals surface area (Å²) in [6.45, 7) is 3.14. The Morgan fingerprint density at radius 1 is 1.00 bits per heavy atom. The molecule has 1 N–H and O–H groups in total. The summed E-state index contributed by atoms with van der Waals surface area (Å²) in [4.78, 5) is 26.2. The number of hydrogen-bond donors (Lipinski definition) is 1. The second-order valence-electron chi connectivity index (χ2n) is 7.88. The van der Waals surface area contributed by atoms with Crippen molar-refractivity contribution >= 4 is 23.1 Å². The number of para-hydroxylation sites is 2. The van der Waals surface area contributed by atoms with Crippen LogP contribution in [0.1, 0.15) is 28.4 Å². The maximum atomic E-state index is 12.8. The average Bonchev–Trinajstić information content (AvgIpc) is 2.94. The number of hydrogen-bond acceptors (Lipinski definition) is 5. The van der Waals surface area contributed by atoms with Crippen molar-refractivity contribution in [2.45, 2.75) is 25.9 Å². The molecule has 1 aliphatic heterocycles. The molecule has 0 aliphatic carbocycles. The molecule has 0 fully saturated rings. The number of benzene rings is 3. The molecule has 170 valence electrons. The van der Waals surface area contributed by atoms with Gasteiger partial charge in [-0.15, -0.1) is 0 Å². The van der Waals surface area contributed by atoms with E-state index in [2.05, 4.69) is 4.90 Å². The van der Waals surface area contributed by atoms with Gasteiger partial charge in [-0.3, -0.25) is 4.79 Å². The largest absolute Gasteiger partial charge is 0.492 e. The highest BCUT2D eigenvalue weighted by Gasteiger charge is 2.24. The topological polar surface area (TPSA) is 76.1 Å². The predicted octanol–water partition coefficient (Wildman–Crippen LogP) is 4.67. The fourth-order valence-corrected chi connectivity index (χ4v) is 4.12. The van der Waals surface area contributed by atoms with Gasteiger partial charge in [0, 0.05) is 30.7 Å². The Morgan fingerprint density at radius 3 is 2.42 bits per heavy atom. The maximum Gasteiger partial charge on any atom is 0.333 e. The van der Waals surface area contributed by atoms with E-state index in [0.29, 0.717) is 38.3 Å². The summed E-state index contributed by atoms with van der Waals surface area (Å²) >= 11 is 0. The first-order chi connectivity index (χ1) is 16.1. The number of rotatable bonds is 9. The van der Waals surface area contributed by atoms with Crippen molar-refractivity contribution in [1.29, 1.82) is 0 Å². The predicted molar refractivity (Wildman–Crippen MR) is 127 cm³/mol. The highest BCUT2D eigenvalue weighted by Crippen LogP contribution is 2.35. The highest BCUT2D eigenvalue weighted by atomic mass is 16.5. The zero-order valence-electron chi connectivity index (χ0n) is 18.6. The van der Waals surface area contributed by atoms with Gasteiger partial charge in [-0.25, -0.2) is 4.79 Å². The summed E-state index contributed by atoms with van der Waals surface area (Å²) in [7, 11) is 0. The van der Waals surface area contributed by atoms with E-state index in [-0.39, 0.29) is 5.78 Å². The summed E-state index contributed by atoms with van der Waals surface area (Å²) < 4.78 is 11.3. The molecule has 33 heavy (non-hydrogen) atoms. The van der Waals surface area contributed by atoms with E-state index in [9.17, 15) is 14.7 Å². The van der Waals surface area contributed by atoms with Crippen molar-refractivity contribution in [3.8, 4) is 5.75 Å². The SMILES string of the molecule is CCOC(Cc1ccc(OCCN2c3ccccc3CC(=O)c3ccccc32)cc1)C(=O)O. The lowest BCUT2D eigenvalue weighted by molar-refractivity contribution is -0.149. The molecule has 1 unspecified atom stereocenters. The third-order valence-electron chi connectivity index (χ3n) is 5.70. The van der Waals surface area contributed by atoms with Crippen LogP contribution in [0.3, 0.4) is 0 Å². The van der Waals surface area contributed by atoms with Crippen molar-refractivity contribution in [1.82, 2.24) is 0 Å². The maximum absolute atomic E-state index is 12.8. The van der Waals surface area contributed by atoms with Crippen LogP contribution < -0.4 is 9.64 Å². The van der Waals surface area contributed by atoms with E-state index >= 15 is 0 Å². The molecule has 1 heterocycles. The molecule has 3 aromatic rings. The van der Waals surface area contributed by atoms with E-state index in [4.69, 9.17) is 9.47 Å². The van der Waals surface area contributed by atoms with Crippen molar-refractivity contribution < 1.29 is 24.2 Å². The summed E-state index contributed by atoms with van der Waals surface area (Å²) in [6.07, 6.45) is -0.170. The van der Waals surface area contributed by atoms with Gasteiger partial charge in [0.05, 0.1) is 12.2 Å². The van der Waals surface area contributed by atoms with Crippen LogP contribution in [0.25, 0.3) is 0 Å². The van der Waals surface area contributed by atoms with E-state index in [1.165, 1.54) is 0 Å². The van der Waals surface area contributed by atoms with Crippen LogP contribution in [0, 0.1) is 0 Å². The minimum absolute atomic E-state index is 0.115. The number of ether oxygens (including phenoxy) is 2. The summed E-state index contributed by atoms with van der Waals surface area (Å²) in [5, 5.41) is 9.26. The van der Waals surface area contributed by atoms with Gasteiger partial charge in [-0.1, -0.05) is 42.5 Å². The standard InChI is InChI=1S/C27H27NO5/c1-2-32-26(27(30)31)17-19-11-13-21(14-12-19)33-16-15-28-23-9-5-3-7-20(23)18-25(29)22-8-4-6-10-24(22)28/h3-14,26H,2,15-18H2,1H3,(H,30,31). The van der Waals surface area contributed by atoms with Crippen LogP contribution in [0.4, 0.5) is 11.4 Å². The number of carbonyl (C=O) groups excluding carboxylic acids is 1. The van der Waals surface area contributed by atoms with E-state index in [1.54, 1.807) is 6.92 Å². The number of fused-ring (bicyclic) bond motifs is 2. The molecule has 0 bridgehead atoms. The zero-order chi connectivity index (χ0) is 23.2. The van der Waals surface area contributed by atoms with Crippen molar-refractivity contribution in [3.63, 3.8) is 0 Å². The third kappa shape index (κ3) is 5.23. The molecule has 1 atom stereocenters. The van der Waals surface area contributed by atoms with E-state index < -0.39 is 12.1 Å². The molecule has 6 heteroatoms. The fourth-order valence-electron chi connectivity index (χ4n) is 4.12. The minimum Gasteiger partial charge on any atom is -0.492 e. The van der Waals surface area contributed by atoms with E-state index in [1.807, 2.05) is 72.8 Å². The van der Waals surface area contributed by atoms with Crippen LogP contribution in [0.5, 0.6) is 5.75 Å². The smallest absolute Gasteiger partial charge is 0.333 e. The lowest BCUT2D eigenvalue weighted by Crippen LogP contribution is -2.26. The zero-order valence-corrected chi connectivity index (χ0v) is 18.6. The number of ketones is 1. The summed E-state index contributed by atoms with van der Waals surface area (Å²) in [5.41, 5.74) is 4.51. The summed E-state index contributed by atoms with van der Waals surface area (Å²) in [6, 6.07) is 23.1. The lowest BCUT2D eigenvalue weighted by atomic mass is 10.0. The van der Waals surface area contributed by atoms with Gasteiger partial charge in [0.2, 0.25) is 0 Å². The van der Waals surface area contributed by atoms with Gasteiger partial charge in [0.1, 0.15) is 12.4 Å². The second kappa shape index (κ2) is 10.3. The molecule has 0 amide bonds. The van der Waals surface area contributed by atoms with Crippen molar-refractivity contribution in [2.24, 2.45) is 0 Å². The Balaban J connectivity index is 1.45. The molecule has 0 spiro atoms. The normalized spacial score (nSPS) is 13.6. The molecule has 4 rings (SSSR count). The van der Waals surface area contributed by atoms with Crippen LogP contribution in [-0.2, 0) is 22.4 Å². The minimum atomic E-state index is -0.964. The van der Waals surface area contributed by atoms with Crippen LogP contribution >= 0.6 is 0 Å². The fraction of sp³-hybridized carbons (Fsp3) is 0.259. The molecular formula is C27H27NO5. The molecule has 0 saturated heterocycles. The van der Waals surface area contributed by atoms with Gasteiger partial charge in [0.15, 0.2) is 11.9 Å². The molecule has 0 aromatic heterocycles. The lowest BCUT2D eigenvalue weighted by Gasteiger charge is -2.26. The molecule has 3 aromatic carbocycles. The summed E-state index contributed by atoms with van der Waals surface area (Å²) in [5.74, 6) is -0.146. The van der Waals surface area contributed by atoms with Crippen LogP contribution in [0.2, 0.25) is 0 Å². The number of nitrogens with zero attached hydrogens (tertiary/aromatic N) is 1. The number of carboxylic acids is 1. The Bertz CT molecular complexity index is 1130. The van der Waals surface area contributed by atoms with Crippen molar-refractivity contribution in [2.75, 3.05) is 24.7 Å². The molecule has 0 saturated carbocycles. The Hall–Kier alpha value is -3.64. The molecule has 0 radical (unpaired) electrons. The van der Waals surface area contributed by atoms with Crippen LogP contribution in [-0.4, -0.2) is 42.7 Å². The molecule has 6 nitrogen and oxygen atoms in total. The molecular weight excluding hydrogens is 418 g/mol. The number of aliphatic carboxylic acids is 1. The van der Waals surface area contributed by atoms with Gasteiger partial charge >= 0.3 is 5.97 Å². The quantitative estimate of drug-likeness (QED) is 0.516. The number of anilines is 2. The van der Waals surface area contributed by atoms with Gasteiger partial charge < -0.3 is 19.5 Å². The van der Waals surface area contributed by atoms with Gasteiger partial charge in [-0.2, -0.15) is 0 Å². The number of Topliss-reactive ketones (excluding diaryl/α,β-unsaturated/α-hetero) is 1. The van der Waals surface area contributed by atoms with Gasteiger partial charge in [-0.05, 0) is 48.4 Å². The highest BCUT2D eigenvalue weighted by molar-refractivity contribution is 6.05. The Morgan fingerprint density at radius 2 is 1.70 bits per heavy atom. The monoisotopic (exact) mass is 445 g/mol. The van der Waals surface area contributed by atoms with Gasteiger partial charge in [0.25, 0.3) is 0 Å². The Labute approximate surface area is 193 Å².